The Morgan fingerprint density at radius 3 is 2.48 bits per heavy atom. The van der Waals surface area contributed by atoms with Crippen LogP contribution in [-0.2, 0) is 11.2 Å². The number of nitrogens with one attached hydrogen (secondary N) is 1. The van der Waals surface area contributed by atoms with Crippen molar-refractivity contribution in [2.75, 3.05) is 0 Å². The SMILES string of the molecule is C[C@H](NC(=O)[C@@H](N)Cc1ccc(O)cc1)c1ccncc1. The minimum atomic E-state index is -0.626. The van der Waals surface area contributed by atoms with Crippen LogP contribution in [0.1, 0.15) is 24.1 Å². The number of hydrogen-bond donors (Lipinski definition) is 3. The van der Waals surface area contributed by atoms with Crippen molar-refractivity contribution < 1.29 is 9.90 Å². The van der Waals surface area contributed by atoms with Crippen molar-refractivity contribution >= 4 is 5.91 Å². The molecule has 1 aromatic heterocycles. The molecule has 2 aromatic rings. The van der Waals surface area contributed by atoms with Crippen molar-refractivity contribution in [3.05, 3.63) is 59.9 Å². The Morgan fingerprint density at radius 1 is 1.24 bits per heavy atom. The van der Waals surface area contributed by atoms with Gasteiger partial charge in [-0.1, -0.05) is 12.1 Å². The monoisotopic (exact) mass is 285 g/mol. The lowest BCUT2D eigenvalue weighted by Gasteiger charge is -2.18. The van der Waals surface area contributed by atoms with Crippen LogP contribution in [0, 0.1) is 0 Å². The Balaban J connectivity index is 1.92. The average Bonchev–Trinajstić information content (AvgIpc) is 2.50. The molecule has 2 rings (SSSR count). The van der Waals surface area contributed by atoms with Crippen LogP contribution in [0.15, 0.2) is 48.8 Å². The van der Waals surface area contributed by atoms with Crippen molar-refractivity contribution in [1.29, 1.82) is 0 Å². The van der Waals surface area contributed by atoms with E-state index in [4.69, 9.17) is 5.73 Å². The molecule has 0 unspecified atom stereocenters. The summed E-state index contributed by atoms with van der Waals surface area (Å²) >= 11 is 0. The van der Waals surface area contributed by atoms with Gasteiger partial charge in [-0.25, -0.2) is 0 Å². The van der Waals surface area contributed by atoms with Crippen LogP contribution in [0.5, 0.6) is 5.75 Å². The van der Waals surface area contributed by atoms with Crippen LogP contribution in [0.3, 0.4) is 0 Å². The molecule has 0 aliphatic heterocycles. The van der Waals surface area contributed by atoms with E-state index in [1.165, 1.54) is 0 Å². The lowest BCUT2D eigenvalue weighted by atomic mass is 10.0. The molecule has 0 radical (unpaired) electrons. The molecule has 1 amide bonds. The first-order valence-electron chi connectivity index (χ1n) is 6.80. The van der Waals surface area contributed by atoms with Gasteiger partial charge in [-0.2, -0.15) is 0 Å². The molecule has 5 nitrogen and oxygen atoms in total. The van der Waals surface area contributed by atoms with Crippen molar-refractivity contribution in [3.63, 3.8) is 0 Å². The zero-order valence-corrected chi connectivity index (χ0v) is 11.9. The molecule has 0 aliphatic rings. The summed E-state index contributed by atoms with van der Waals surface area (Å²) in [6.45, 7) is 1.90. The minimum absolute atomic E-state index is 0.119. The second kappa shape index (κ2) is 6.85. The molecule has 0 saturated carbocycles. The Kier molecular flexibility index (Phi) is 4.90. The summed E-state index contributed by atoms with van der Waals surface area (Å²) in [5, 5.41) is 12.1. The van der Waals surface area contributed by atoms with Gasteiger partial charge >= 0.3 is 0 Å². The molecule has 21 heavy (non-hydrogen) atoms. The largest absolute Gasteiger partial charge is 0.508 e. The number of aromatic nitrogens is 1. The van der Waals surface area contributed by atoms with Crippen LogP contribution in [-0.4, -0.2) is 22.0 Å². The zero-order chi connectivity index (χ0) is 15.2. The molecule has 4 N–H and O–H groups in total. The molecule has 0 aliphatic carbocycles. The summed E-state index contributed by atoms with van der Waals surface area (Å²) in [6, 6.07) is 9.65. The highest BCUT2D eigenvalue weighted by Crippen LogP contribution is 2.13. The number of hydrogen-bond acceptors (Lipinski definition) is 4. The first-order valence-corrected chi connectivity index (χ1v) is 6.80. The topological polar surface area (TPSA) is 88.2 Å². The maximum atomic E-state index is 12.1. The number of phenolic OH excluding ortho intramolecular Hbond substituents is 1. The summed E-state index contributed by atoms with van der Waals surface area (Å²) in [6.07, 6.45) is 3.80. The fourth-order valence-electron chi connectivity index (χ4n) is 2.03. The van der Waals surface area contributed by atoms with Crippen LogP contribution >= 0.6 is 0 Å². The molecule has 0 spiro atoms. The van der Waals surface area contributed by atoms with Gasteiger partial charge in [0, 0.05) is 12.4 Å². The van der Waals surface area contributed by atoms with E-state index in [1.54, 1.807) is 36.7 Å². The van der Waals surface area contributed by atoms with Crippen molar-refractivity contribution in [2.45, 2.75) is 25.4 Å². The zero-order valence-electron chi connectivity index (χ0n) is 11.9. The predicted molar refractivity (Wildman–Crippen MR) is 80.6 cm³/mol. The fourth-order valence-corrected chi connectivity index (χ4v) is 2.03. The third-order valence-electron chi connectivity index (χ3n) is 3.29. The highest BCUT2D eigenvalue weighted by atomic mass is 16.3. The number of benzene rings is 1. The van der Waals surface area contributed by atoms with Gasteiger partial charge in [-0.05, 0) is 48.7 Å². The third-order valence-corrected chi connectivity index (χ3v) is 3.29. The quantitative estimate of drug-likeness (QED) is 0.777. The lowest BCUT2D eigenvalue weighted by Crippen LogP contribution is -2.42. The number of aromatic hydroxyl groups is 1. The third kappa shape index (κ3) is 4.29. The van der Waals surface area contributed by atoms with E-state index in [0.29, 0.717) is 6.42 Å². The number of nitrogens with two attached hydrogens (primary N) is 1. The van der Waals surface area contributed by atoms with E-state index in [2.05, 4.69) is 10.3 Å². The van der Waals surface area contributed by atoms with Gasteiger partial charge in [-0.3, -0.25) is 9.78 Å². The number of carbonyl (C=O) groups is 1. The Labute approximate surface area is 123 Å². The summed E-state index contributed by atoms with van der Waals surface area (Å²) in [5.74, 6) is -0.00419. The van der Waals surface area contributed by atoms with Crippen LogP contribution in [0.4, 0.5) is 0 Å². The second-order valence-electron chi connectivity index (χ2n) is 4.99. The second-order valence-corrected chi connectivity index (χ2v) is 4.99. The van der Waals surface area contributed by atoms with E-state index >= 15 is 0 Å². The van der Waals surface area contributed by atoms with Gasteiger partial charge in [0.1, 0.15) is 5.75 Å². The molecular weight excluding hydrogens is 266 g/mol. The summed E-state index contributed by atoms with van der Waals surface area (Å²) in [7, 11) is 0. The summed E-state index contributed by atoms with van der Waals surface area (Å²) in [5.41, 5.74) is 7.82. The molecule has 0 fully saturated rings. The molecule has 5 heteroatoms. The smallest absolute Gasteiger partial charge is 0.237 e. The predicted octanol–water partition coefficient (Wildman–Crippen LogP) is 1.53. The van der Waals surface area contributed by atoms with Gasteiger partial charge in [-0.15, -0.1) is 0 Å². The van der Waals surface area contributed by atoms with E-state index in [1.807, 2.05) is 19.1 Å². The molecular formula is C16H19N3O2. The minimum Gasteiger partial charge on any atom is -0.508 e. The van der Waals surface area contributed by atoms with Gasteiger partial charge in [0.2, 0.25) is 5.91 Å². The van der Waals surface area contributed by atoms with Crippen LogP contribution in [0.25, 0.3) is 0 Å². The standard InChI is InChI=1S/C16H19N3O2/c1-11(13-6-8-18-9-7-13)19-16(21)15(17)10-12-2-4-14(20)5-3-12/h2-9,11,15,20H,10,17H2,1H3,(H,19,21)/t11-,15-/m0/s1. The normalized spacial score (nSPS) is 13.4. The van der Waals surface area contributed by atoms with E-state index < -0.39 is 6.04 Å². The maximum Gasteiger partial charge on any atom is 0.237 e. The molecule has 0 bridgehead atoms. The van der Waals surface area contributed by atoms with Crippen molar-refractivity contribution in [2.24, 2.45) is 5.73 Å². The Hall–Kier alpha value is -2.40. The lowest BCUT2D eigenvalue weighted by molar-refractivity contribution is -0.123. The Morgan fingerprint density at radius 2 is 1.86 bits per heavy atom. The number of pyridine rings is 1. The average molecular weight is 285 g/mol. The number of nitrogens with zero attached hydrogens (tertiary/aromatic N) is 1. The maximum absolute atomic E-state index is 12.1. The van der Waals surface area contributed by atoms with Gasteiger partial charge in [0.05, 0.1) is 12.1 Å². The van der Waals surface area contributed by atoms with E-state index in [9.17, 15) is 9.90 Å². The summed E-state index contributed by atoms with van der Waals surface area (Å²) in [4.78, 5) is 16.0. The van der Waals surface area contributed by atoms with E-state index in [-0.39, 0.29) is 17.7 Å². The molecule has 1 aromatic carbocycles. The molecule has 110 valence electrons. The molecule has 1 heterocycles. The number of carbonyl (C=O) groups excluding carboxylic acids is 1. The van der Waals surface area contributed by atoms with Gasteiger partial charge in [0.25, 0.3) is 0 Å². The number of rotatable bonds is 5. The first-order chi connectivity index (χ1) is 10.1. The highest BCUT2D eigenvalue weighted by Gasteiger charge is 2.17. The number of phenols is 1. The molecule has 0 saturated heterocycles. The summed E-state index contributed by atoms with van der Waals surface area (Å²) < 4.78 is 0. The van der Waals surface area contributed by atoms with Gasteiger partial charge < -0.3 is 16.2 Å². The van der Waals surface area contributed by atoms with Crippen LogP contribution in [0.2, 0.25) is 0 Å². The fraction of sp³-hybridized carbons (Fsp3) is 0.250. The Bertz CT molecular complexity index is 584. The number of amides is 1. The van der Waals surface area contributed by atoms with E-state index in [0.717, 1.165) is 11.1 Å². The first kappa shape index (κ1) is 15.0. The highest BCUT2D eigenvalue weighted by molar-refractivity contribution is 5.82. The van der Waals surface area contributed by atoms with Crippen molar-refractivity contribution in [3.8, 4) is 5.75 Å². The van der Waals surface area contributed by atoms with Gasteiger partial charge in [0.15, 0.2) is 0 Å². The van der Waals surface area contributed by atoms with Crippen LogP contribution < -0.4 is 11.1 Å². The van der Waals surface area contributed by atoms with Crippen molar-refractivity contribution in [1.82, 2.24) is 10.3 Å². The molecule has 2 atom stereocenters.